The van der Waals surface area contributed by atoms with Crippen LogP contribution in [-0.2, 0) is 11.2 Å². The highest BCUT2D eigenvalue weighted by molar-refractivity contribution is 5.50. The summed E-state index contributed by atoms with van der Waals surface area (Å²) in [4.78, 5) is 4.13. The molecule has 0 aliphatic carbocycles. The highest BCUT2D eigenvalue weighted by Gasteiger charge is 1.96. The van der Waals surface area contributed by atoms with E-state index >= 15 is 0 Å². The molecule has 0 fully saturated rings. The van der Waals surface area contributed by atoms with Gasteiger partial charge < -0.3 is 9.84 Å². The second-order valence-electron chi connectivity index (χ2n) is 4.83. The van der Waals surface area contributed by atoms with Crippen molar-refractivity contribution in [1.29, 1.82) is 0 Å². The van der Waals surface area contributed by atoms with Gasteiger partial charge in [0.05, 0.1) is 6.61 Å². The fourth-order valence-electron chi connectivity index (χ4n) is 1.99. The standard InChI is InChI=1S/C18H21NO2/c20-11-3-13-21-12-2-5-16-6-8-17(9-7-16)14-18-4-1-10-19-15-18/h1-2,4-10,15,20H,3,11-14H2. The lowest BCUT2D eigenvalue weighted by Crippen LogP contribution is -1.96. The average molecular weight is 283 g/mol. The van der Waals surface area contributed by atoms with Gasteiger partial charge in [0, 0.05) is 25.6 Å². The molecule has 1 aromatic heterocycles. The number of pyridine rings is 1. The molecule has 1 heterocycles. The Hall–Kier alpha value is -1.97. The number of aliphatic hydroxyl groups excluding tert-OH is 1. The number of hydrogen-bond acceptors (Lipinski definition) is 3. The maximum Gasteiger partial charge on any atom is 0.0650 e. The Morgan fingerprint density at radius 3 is 2.67 bits per heavy atom. The summed E-state index contributed by atoms with van der Waals surface area (Å²) in [6.45, 7) is 1.37. The molecule has 0 saturated carbocycles. The Labute approximate surface area is 125 Å². The topological polar surface area (TPSA) is 42.4 Å². The summed E-state index contributed by atoms with van der Waals surface area (Å²) in [5.41, 5.74) is 3.66. The van der Waals surface area contributed by atoms with Gasteiger partial charge in [-0.05, 0) is 35.6 Å². The molecule has 0 unspecified atom stereocenters. The molecule has 0 radical (unpaired) electrons. The van der Waals surface area contributed by atoms with Gasteiger partial charge in [-0.3, -0.25) is 4.98 Å². The van der Waals surface area contributed by atoms with Crippen LogP contribution in [0.15, 0.2) is 54.9 Å². The molecule has 1 N–H and O–H groups in total. The Morgan fingerprint density at radius 2 is 1.95 bits per heavy atom. The first kappa shape index (κ1) is 15.4. The van der Waals surface area contributed by atoms with E-state index in [2.05, 4.69) is 35.3 Å². The zero-order valence-corrected chi connectivity index (χ0v) is 12.1. The third kappa shape index (κ3) is 5.90. The monoisotopic (exact) mass is 283 g/mol. The van der Waals surface area contributed by atoms with E-state index < -0.39 is 0 Å². The molecule has 21 heavy (non-hydrogen) atoms. The Balaban J connectivity index is 1.80. The summed E-state index contributed by atoms with van der Waals surface area (Å²) in [5.74, 6) is 0. The van der Waals surface area contributed by atoms with Crippen LogP contribution in [0, 0.1) is 0 Å². The number of rotatable bonds is 8. The molecular formula is C18H21NO2. The molecule has 2 rings (SSSR count). The minimum absolute atomic E-state index is 0.183. The largest absolute Gasteiger partial charge is 0.396 e. The van der Waals surface area contributed by atoms with E-state index in [1.807, 2.05) is 24.4 Å². The maximum atomic E-state index is 8.63. The predicted molar refractivity (Wildman–Crippen MR) is 85.0 cm³/mol. The fourth-order valence-corrected chi connectivity index (χ4v) is 1.99. The normalized spacial score (nSPS) is 11.1. The molecule has 0 spiro atoms. The van der Waals surface area contributed by atoms with Crippen molar-refractivity contribution in [2.24, 2.45) is 0 Å². The highest BCUT2D eigenvalue weighted by Crippen LogP contribution is 2.11. The van der Waals surface area contributed by atoms with Crippen LogP contribution in [-0.4, -0.2) is 29.9 Å². The quantitative estimate of drug-likeness (QED) is 0.757. The van der Waals surface area contributed by atoms with Crippen LogP contribution >= 0.6 is 0 Å². The van der Waals surface area contributed by atoms with Crippen molar-refractivity contribution in [2.45, 2.75) is 12.8 Å². The van der Waals surface area contributed by atoms with Crippen molar-refractivity contribution in [3.8, 4) is 0 Å². The van der Waals surface area contributed by atoms with Crippen molar-refractivity contribution < 1.29 is 9.84 Å². The summed E-state index contributed by atoms with van der Waals surface area (Å²) in [6.07, 6.45) is 9.33. The third-order valence-electron chi connectivity index (χ3n) is 3.08. The number of aromatic nitrogens is 1. The number of nitrogens with zero attached hydrogens (tertiary/aromatic N) is 1. The third-order valence-corrected chi connectivity index (χ3v) is 3.08. The molecule has 2 aromatic rings. The van der Waals surface area contributed by atoms with Crippen LogP contribution in [0.3, 0.4) is 0 Å². The van der Waals surface area contributed by atoms with E-state index in [0.717, 1.165) is 12.0 Å². The second kappa shape index (κ2) is 9.06. The molecule has 0 atom stereocenters. The van der Waals surface area contributed by atoms with E-state index in [-0.39, 0.29) is 6.61 Å². The van der Waals surface area contributed by atoms with Gasteiger partial charge in [-0.1, -0.05) is 42.5 Å². The number of ether oxygens (including phenoxy) is 1. The molecule has 0 aliphatic heterocycles. The van der Waals surface area contributed by atoms with Crippen molar-refractivity contribution in [3.05, 3.63) is 71.6 Å². The van der Waals surface area contributed by atoms with Crippen LogP contribution < -0.4 is 0 Å². The van der Waals surface area contributed by atoms with Crippen molar-refractivity contribution in [1.82, 2.24) is 4.98 Å². The van der Waals surface area contributed by atoms with Crippen molar-refractivity contribution >= 4 is 6.08 Å². The van der Waals surface area contributed by atoms with E-state index in [1.165, 1.54) is 11.1 Å². The number of benzene rings is 1. The first-order chi connectivity index (χ1) is 10.4. The van der Waals surface area contributed by atoms with Crippen LogP contribution in [0.1, 0.15) is 23.1 Å². The van der Waals surface area contributed by atoms with Crippen molar-refractivity contribution in [2.75, 3.05) is 19.8 Å². The Kier molecular flexibility index (Phi) is 6.65. The lowest BCUT2D eigenvalue weighted by molar-refractivity contribution is 0.139. The molecule has 3 nitrogen and oxygen atoms in total. The minimum Gasteiger partial charge on any atom is -0.396 e. The van der Waals surface area contributed by atoms with E-state index in [0.29, 0.717) is 19.6 Å². The summed E-state index contributed by atoms with van der Waals surface area (Å²) in [5, 5.41) is 8.63. The molecule has 0 amide bonds. The van der Waals surface area contributed by atoms with Gasteiger partial charge in [0.15, 0.2) is 0 Å². The Bertz CT molecular complexity index is 535. The molecule has 0 aliphatic rings. The van der Waals surface area contributed by atoms with Crippen molar-refractivity contribution in [3.63, 3.8) is 0 Å². The molecule has 110 valence electrons. The highest BCUT2D eigenvalue weighted by atomic mass is 16.5. The number of aliphatic hydroxyl groups is 1. The molecule has 3 heteroatoms. The van der Waals surface area contributed by atoms with Gasteiger partial charge in [-0.25, -0.2) is 0 Å². The molecule has 0 saturated heterocycles. The first-order valence-corrected chi connectivity index (χ1v) is 7.21. The van der Waals surface area contributed by atoms with Gasteiger partial charge in [0.1, 0.15) is 0 Å². The lowest BCUT2D eigenvalue weighted by Gasteiger charge is -2.02. The second-order valence-corrected chi connectivity index (χ2v) is 4.83. The maximum absolute atomic E-state index is 8.63. The van der Waals surface area contributed by atoms with Crippen LogP contribution in [0.2, 0.25) is 0 Å². The molecule has 1 aromatic carbocycles. The lowest BCUT2D eigenvalue weighted by atomic mass is 10.0. The summed E-state index contributed by atoms with van der Waals surface area (Å²) < 4.78 is 5.34. The minimum atomic E-state index is 0.183. The summed E-state index contributed by atoms with van der Waals surface area (Å²) in [7, 11) is 0. The zero-order valence-electron chi connectivity index (χ0n) is 12.1. The van der Waals surface area contributed by atoms with E-state index in [1.54, 1.807) is 6.20 Å². The predicted octanol–water partition coefficient (Wildman–Crippen LogP) is 3.08. The average Bonchev–Trinajstić information content (AvgIpc) is 2.53. The van der Waals surface area contributed by atoms with Gasteiger partial charge in [-0.2, -0.15) is 0 Å². The Morgan fingerprint density at radius 1 is 1.10 bits per heavy atom. The molecular weight excluding hydrogens is 262 g/mol. The van der Waals surface area contributed by atoms with Crippen LogP contribution in [0.5, 0.6) is 0 Å². The summed E-state index contributed by atoms with van der Waals surface area (Å²) >= 11 is 0. The number of hydrogen-bond donors (Lipinski definition) is 1. The van der Waals surface area contributed by atoms with Gasteiger partial charge >= 0.3 is 0 Å². The molecule has 0 bridgehead atoms. The SMILES string of the molecule is OCCCOCC=Cc1ccc(Cc2cccnc2)cc1. The summed E-state index contributed by atoms with van der Waals surface area (Å²) in [6, 6.07) is 12.5. The van der Waals surface area contributed by atoms with Gasteiger partial charge in [0.2, 0.25) is 0 Å². The van der Waals surface area contributed by atoms with E-state index in [9.17, 15) is 0 Å². The van der Waals surface area contributed by atoms with Gasteiger partial charge in [0.25, 0.3) is 0 Å². The van der Waals surface area contributed by atoms with E-state index in [4.69, 9.17) is 9.84 Å². The fraction of sp³-hybridized carbons (Fsp3) is 0.278. The zero-order chi connectivity index (χ0) is 14.8. The van der Waals surface area contributed by atoms with Crippen LogP contribution in [0.4, 0.5) is 0 Å². The smallest absolute Gasteiger partial charge is 0.0650 e. The van der Waals surface area contributed by atoms with Crippen LogP contribution in [0.25, 0.3) is 6.08 Å². The first-order valence-electron chi connectivity index (χ1n) is 7.21. The van der Waals surface area contributed by atoms with Gasteiger partial charge in [-0.15, -0.1) is 0 Å².